The van der Waals surface area contributed by atoms with Gasteiger partial charge in [0.1, 0.15) is 0 Å². The van der Waals surface area contributed by atoms with Crippen LogP contribution in [0.25, 0.3) is 0 Å². The molecule has 5 heteroatoms. The van der Waals surface area contributed by atoms with Crippen LogP contribution in [0.3, 0.4) is 0 Å². The first-order valence-corrected chi connectivity index (χ1v) is 8.08. The second-order valence-electron chi connectivity index (χ2n) is 5.93. The molecular formula is C17H24N4O. The number of rotatable bonds is 2. The molecule has 0 radical (unpaired) electrons. The zero-order valence-corrected chi connectivity index (χ0v) is 13.2. The molecule has 2 aliphatic rings. The maximum atomic E-state index is 12.4. The predicted molar refractivity (Wildman–Crippen MR) is 87.7 cm³/mol. The lowest BCUT2D eigenvalue weighted by Gasteiger charge is -2.29. The molecule has 2 aliphatic heterocycles. The molecule has 1 saturated heterocycles. The van der Waals surface area contributed by atoms with Crippen LogP contribution in [-0.4, -0.2) is 54.9 Å². The second-order valence-corrected chi connectivity index (χ2v) is 5.93. The van der Waals surface area contributed by atoms with Crippen molar-refractivity contribution in [1.82, 2.24) is 15.1 Å². The van der Waals surface area contributed by atoms with E-state index in [0.29, 0.717) is 6.54 Å². The van der Waals surface area contributed by atoms with Gasteiger partial charge in [-0.25, -0.2) is 0 Å². The van der Waals surface area contributed by atoms with E-state index in [9.17, 15) is 4.79 Å². The van der Waals surface area contributed by atoms with Crippen molar-refractivity contribution in [1.29, 1.82) is 0 Å². The molecule has 0 spiro atoms. The molecule has 1 aromatic rings. The number of amides is 1. The molecule has 118 valence electrons. The Morgan fingerprint density at radius 1 is 1.14 bits per heavy atom. The van der Waals surface area contributed by atoms with Crippen molar-refractivity contribution in [3.05, 3.63) is 35.4 Å². The molecule has 0 aromatic heterocycles. The summed E-state index contributed by atoms with van der Waals surface area (Å²) in [6.07, 6.45) is 3.36. The van der Waals surface area contributed by atoms with E-state index in [2.05, 4.69) is 33.4 Å². The quantitative estimate of drug-likeness (QED) is 0.660. The van der Waals surface area contributed by atoms with Crippen LogP contribution in [0.5, 0.6) is 0 Å². The zero-order valence-electron chi connectivity index (χ0n) is 13.2. The van der Waals surface area contributed by atoms with Crippen LogP contribution in [0.2, 0.25) is 0 Å². The van der Waals surface area contributed by atoms with Crippen LogP contribution < -0.4 is 5.32 Å². The Morgan fingerprint density at radius 3 is 2.59 bits per heavy atom. The molecule has 1 aromatic carbocycles. The number of hydrogen-bond donors (Lipinski definition) is 1. The standard InChI is InChI=1S/C17H24N4O/c1-18-17(20-9-4-5-10-20)19-12-16(22)21-11-8-14-6-2-3-7-15(14)13-21/h2-3,6-7H,4-5,8-13H2,1H3,(H,18,19). The van der Waals surface area contributed by atoms with Crippen molar-refractivity contribution >= 4 is 11.9 Å². The third kappa shape index (κ3) is 3.24. The van der Waals surface area contributed by atoms with E-state index in [1.807, 2.05) is 11.0 Å². The van der Waals surface area contributed by atoms with Gasteiger partial charge in [-0.2, -0.15) is 0 Å². The van der Waals surface area contributed by atoms with Crippen molar-refractivity contribution in [3.63, 3.8) is 0 Å². The lowest BCUT2D eigenvalue weighted by atomic mass is 10.00. The van der Waals surface area contributed by atoms with Gasteiger partial charge in [-0.1, -0.05) is 24.3 Å². The number of nitrogens with zero attached hydrogens (tertiary/aromatic N) is 3. The molecule has 1 N–H and O–H groups in total. The van der Waals surface area contributed by atoms with Crippen LogP contribution in [0.1, 0.15) is 24.0 Å². The Labute approximate surface area is 132 Å². The van der Waals surface area contributed by atoms with Gasteiger partial charge in [0.25, 0.3) is 0 Å². The molecule has 1 fully saturated rings. The summed E-state index contributed by atoms with van der Waals surface area (Å²) in [6, 6.07) is 8.38. The summed E-state index contributed by atoms with van der Waals surface area (Å²) in [5.41, 5.74) is 2.64. The number of fused-ring (bicyclic) bond motifs is 1. The fourth-order valence-corrected chi connectivity index (χ4v) is 3.24. The molecule has 0 atom stereocenters. The van der Waals surface area contributed by atoms with E-state index in [1.165, 1.54) is 24.0 Å². The summed E-state index contributed by atoms with van der Waals surface area (Å²) in [6.45, 7) is 3.92. The molecule has 0 aliphatic carbocycles. The Balaban J connectivity index is 1.54. The van der Waals surface area contributed by atoms with Crippen molar-refractivity contribution in [2.24, 2.45) is 4.99 Å². The van der Waals surface area contributed by atoms with Gasteiger partial charge in [0, 0.05) is 33.2 Å². The Bertz CT molecular complexity index is 564. The van der Waals surface area contributed by atoms with E-state index in [1.54, 1.807) is 7.05 Å². The fraction of sp³-hybridized carbons (Fsp3) is 0.529. The van der Waals surface area contributed by atoms with Gasteiger partial charge in [-0.3, -0.25) is 9.79 Å². The van der Waals surface area contributed by atoms with E-state index < -0.39 is 0 Å². The summed E-state index contributed by atoms with van der Waals surface area (Å²) in [5.74, 6) is 0.998. The fourth-order valence-electron chi connectivity index (χ4n) is 3.24. The first-order valence-electron chi connectivity index (χ1n) is 8.08. The zero-order chi connectivity index (χ0) is 15.4. The highest BCUT2D eigenvalue weighted by Crippen LogP contribution is 2.18. The maximum absolute atomic E-state index is 12.4. The number of carbonyl (C=O) groups is 1. The number of carbonyl (C=O) groups excluding carboxylic acids is 1. The highest BCUT2D eigenvalue weighted by atomic mass is 16.2. The van der Waals surface area contributed by atoms with Crippen molar-refractivity contribution < 1.29 is 4.79 Å². The highest BCUT2D eigenvalue weighted by molar-refractivity contribution is 5.86. The van der Waals surface area contributed by atoms with E-state index in [4.69, 9.17) is 0 Å². The van der Waals surface area contributed by atoms with Gasteiger partial charge in [0.05, 0.1) is 6.54 Å². The topological polar surface area (TPSA) is 47.9 Å². The van der Waals surface area contributed by atoms with Crippen LogP contribution in [-0.2, 0) is 17.8 Å². The van der Waals surface area contributed by atoms with Crippen LogP contribution in [0.15, 0.2) is 29.3 Å². The minimum atomic E-state index is 0.148. The number of aliphatic imine (C=N–C) groups is 1. The minimum Gasteiger partial charge on any atom is -0.347 e. The van der Waals surface area contributed by atoms with Gasteiger partial charge in [0.15, 0.2) is 5.96 Å². The molecule has 0 unspecified atom stereocenters. The van der Waals surface area contributed by atoms with Crippen LogP contribution in [0.4, 0.5) is 0 Å². The summed E-state index contributed by atoms with van der Waals surface area (Å²) >= 11 is 0. The number of nitrogens with one attached hydrogen (secondary N) is 1. The number of hydrogen-bond acceptors (Lipinski definition) is 2. The SMILES string of the molecule is CN=C(NCC(=O)N1CCc2ccccc2C1)N1CCCC1. The van der Waals surface area contributed by atoms with Crippen molar-refractivity contribution in [2.45, 2.75) is 25.8 Å². The summed E-state index contributed by atoms with van der Waals surface area (Å²) < 4.78 is 0. The summed E-state index contributed by atoms with van der Waals surface area (Å²) in [7, 11) is 1.78. The third-order valence-corrected chi connectivity index (χ3v) is 4.50. The first-order chi connectivity index (χ1) is 10.8. The Hall–Kier alpha value is -2.04. The number of benzene rings is 1. The molecule has 1 amide bonds. The smallest absolute Gasteiger partial charge is 0.242 e. The second kappa shape index (κ2) is 6.81. The van der Waals surface area contributed by atoms with Gasteiger partial charge in [-0.15, -0.1) is 0 Å². The predicted octanol–water partition coefficient (Wildman–Crippen LogP) is 1.24. The maximum Gasteiger partial charge on any atom is 0.242 e. The van der Waals surface area contributed by atoms with Gasteiger partial charge in [-0.05, 0) is 30.4 Å². The lowest BCUT2D eigenvalue weighted by molar-refractivity contribution is -0.130. The van der Waals surface area contributed by atoms with Crippen molar-refractivity contribution in [2.75, 3.05) is 33.2 Å². The Morgan fingerprint density at radius 2 is 1.86 bits per heavy atom. The largest absolute Gasteiger partial charge is 0.347 e. The summed E-state index contributed by atoms with van der Waals surface area (Å²) in [4.78, 5) is 20.9. The lowest BCUT2D eigenvalue weighted by Crippen LogP contribution is -2.46. The third-order valence-electron chi connectivity index (χ3n) is 4.50. The first kappa shape index (κ1) is 14.9. The van der Waals surface area contributed by atoms with Crippen molar-refractivity contribution in [3.8, 4) is 0 Å². The number of likely N-dealkylation sites (tertiary alicyclic amines) is 1. The van der Waals surface area contributed by atoms with Crippen LogP contribution in [0, 0.1) is 0 Å². The van der Waals surface area contributed by atoms with Gasteiger partial charge in [0.2, 0.25) is 5.91 Å². The molecule has 0 bridgehead atoms. The average Bonchev–Trinajstić information content (AvgIpc) is 3.09. The molecule has 22 heavy (non-hydrogen) atoms. The summed E-state index contributed by atoms with van der Waals surface area (Å²) in [5, 5.41) is 3.22. The van der Waals surface area contributed by atoms with E-state index in [-0.39, 0.29) is 5.91 Å². The Kier molecular flexibility index (Phi) is 4.61. The van der Waals surface area contributed by atoms with Crippen LogP contribution >= 0.6 is 0 Å². The van der Waals surface area contributed by atoms with Gasteiger partial charge < -0.3 is 15.1 Å². The molecule has 5 nitrogen and oxygen atoms in total. The average molecular weight is 300 g/mol. The normalized spacial score (nSPS) is 18.3. The van der Waals surface area contributed by atoms with Gasteiger partial charge >= 0.3 is 0 Å². The molecular weight excluding hydrogens is 276 g/mol. The molecule has 3 rings (SSSR count). The van der Waals surface area contributed by atoms with E-state index >= 15 is 0 Å². The monoisotopic (exact) mass is 300 g/mol. The highest BCUT2D eigenvalue weighted by Gasteiger charge is 2.21. The number of guanidine groups is 1. The van der Waals surface area contributed by atoms with E-state index in [0.717, 1.165) is 38.6 Å². The minimum absolute atomic E-state index is 0.148. The molecule has 2 heterocycles. The molecule has 0 saturated carbocycles.